The summed E-state index contributed by atoms with van der Waals surface area (Å²) in [6.45, 7) is 4.02. The first kappa shape index (κ1) is 20.4. The molecule has 0 saturated heterocycles. The molecule has 2 heterocycles. The highest BCUT2D eigenvalue weighted by molar-refractivity contribution is 6.01. The summed E-state index contributed by atoms with van der Waals surface area (Å²) in [5, 5.41) is 12.8. The van der Waals surface area contributed by atoms with Crippen molar-refractivity contribution in [1.82, 2.24) is 14.9 Å². The Morgan fingerprint density at radius 1 is 1.48 bits per heavy atom. The first-order chi connectivity index (χ1) is 12.8. The zero-order chi connectivity index (χ0) is 20.2. The fourth-order valence-electron chi connectivity index (χ4n) is 2.71. The normalized spacial score (nSPS) is 12.9. The molecule has 0 aliphatic heterocycles. The number of nitrogens with two attached hydrogens (primary N) is 1. The molecule has 4 N–H and O–H groups in total. The van der Waals surface area contributed by atoms with Crippen LogP contribution in [0, 0.1) is 11.8 Å². The summed E-state index contributed by atoms with van der Waals surface area (Å²) in [7, 11) is 2.92. The second-order valence-electron chi connectivity index (χ2n) is 6.34. The van der Waals surface area contributed by atoms with Crippen LogP contribution in [-0.2, 0) is 11.3 Å². The average Bonchev–Trinajstić information content (AvgIpc) is 2.63. The molecule has 0 aromatic carbocycles. The number of nitrogens with one attached hydrogen (secondary N) is 1. The first-order valence-corrected chi connectivity index (χ1v) is 8.55. The Labute approximate surface area is 157 Å². The predicted molar refractivity (Wildman–Crippen MR) is 103 cm³/mol. The molecule has 2 aromatic heterocycles. The molecule has 1 atom stereocenters. The van der Waals surface area contributed by atoms with Gasteiger partial charge in [0.15, 0.2) is 0 Å². The van der Waals surface area contributed by atoms with Crippen molar-refractivity contribution in [2.75, 3.05) is 26.5 Å². The number of anilines is 1. The SMILES string of the molecule is CCCn1c(N)c(C(=O)NC)c(=O)c2ccc(C#CC(C)(O)COC)nc21. The summed E-state index contributed by atoms with van der Waals surface area (Å²) in [4.78, 5) is 29.3. The number of aromatic nitrogens is 2. The van der Waals surface area contributed by atoms with Gasteiger partial charge in [-0.05, 0) is 31.4 Å². The molecule has 2 aromatic rings. The number of rotatable bonds is 5. The zero-order valence-corrected chi connectivity index (χ0v) is 15.9. The Balaban J connectivity index is 2.71. The second kappa shape index (κ2) is 8.20. The van der Waals surface area contributed by atoms with E-state index in [-0.39, 0.29) is 23.4 Å². The number of hydrogen-bond acceptors (Lipinski definition) is 6. The van der Waals surface area contributed by atoms with E-state index in [2.05, 4.69) is 22.1 Å². The summed E-state index contributed by atoms with van der Waals surface area (Å²) in [5.74, 6) is 5.02. The lowest BCUT2D eigenvalue weighted by atomic mass is 10.1. The Morgan fingerprint density at radius 3 is 2.78 bits per heavy atom. The van der Waals surface area contributed by atoms with Crippen molar-refractivity contribution in [2.24, 2.45) is 0 Å². The minimum Gasteiger partial charge on any atom is -0.384 e. The number of aryl methyl sites for hydroxylation is 1. The van der Waals surface area contributed by atoms with E-state index in [4.69, 9.17) is 10.5 Å². The Morgan fingerprint density at radius 2 is 2.19 bits per heavy atom. The smallest absolute Gasteiger partial charge is 0.258 e. The van der Waals surface area contributed by atoms with E-state index in [9.17, 15) is 14.7 Å². The number of carbonyl (C=O) groups is 1. The maximum atomic E-state index is 12.7. The standard InChI is InChI=1S/C19H24N4O4/c1-5-10-23-16(20)14(18(25)21-3)15(24)13-7-6-12(22-17(13)23)8-9-19(2,26)11-27-4/h6-7,26H,5,10-11,20H2,1-4H3,(H,21,25). The molecule has 0 spiro atoms. The zero-order valence-electron chi connectivity index (χ0n) is 15.9. The average molecular weight is 372 g/mol. The molecule has 8 nitrogen and oxygen atoms in total. The molecule has 0 bridgehead atoms. The largest absolute Gasteiger partial charge is 0.384 e. The molecular weight excluding hydrogens is 348 g/mol. The minimum absolute atomic E-state index is 0.0521. The molecule has 2 rings (SSSR count). The summed E-state index contributed by atoms with van der Waals surface area (Å²) < 4.78 is 6.56. The molecule has 0 aliphatic rings. The van der Waals surface area contributed by atoms with Crippen LogP contribution in [-0.4, -0.2) is 46.9 Å². The second-order valence-corrected chi connectivity index (χ2v) is 6.34. The van der Waals surface area contributed by atoms with Gasteiger partial charge in [0, 0.05) is 20.7 Å². The van der Waals surface area contributed by atoms with E-state index in [1.807, 2.05) is 6.92 Å². The van der Waals surface area contributed by atoms with Crippen LogP contribution in [0.5, 0.6) is 0 Å². The number of amides is 1. The maximum Gasteiger partial charge on any atom is 0.258 e. The van der Waals surface area contributed by atoms with Gasteiger partial charge in [-0.1, -0.05) is 12.8 Å². The van der Waals surface area contributed by atoms with E-state index in [1.54, 1.807) is 16.7 Å². The maximum absolute atomic E-state index is 12.7. The summed E-state index contributed by atoms with van der Waals surface area (Å²) in [6, 6.07) is 3.14. The van der Waals surface area contributed by atoms with Crippen LogP contribution in [0.2, 0.25) is 0 Å². The monoisotopic (exact) mass is 372 g/mol. The molecule has 1 unspecified atom stereocenters. The third-order valence-electron chi connectivity index (χ3n) is 3.94. The number of pyridine rings is 2. The Hall–Kier alpha value is -2.89. The fourth-order valence-corrected chi connectivity index (χ4v) is 2.71. The Kier molecular flexibility index (Phi) is 6.20. The van der Waals surface area contributed by atoms with E-state index in [0.717, 1.165) is 6.42 Å². The van der Waals surface area contributed by atoms with Crippen LogP contribution < -0.4 is 16.5 Å². The number of aliphatic hydroxyl groups is 1. The lowest BCUT2D eigenvalue weighted by Crippen LogP contribution is -2.30. The van der Waals surface area contributed by atoms with Gasteiger partial charge >= 0.3 is 0 Å². The predicted octanol–water partition coefficient (Wildman–Crippen LogP) is 0.497. The number of hydrogen-bond donors (Lipinski definition) is 3. The van der Waals surface area contributed by atoms with Crippen LogP contribution in [0.4, 0.5) is 5.82 Å². The third kappa shape index (κ3) is 4.27. The highest BCUT2D eigenvalue weighted by atomic mass is 16.5. The minimum atomic E-state index is -1.32. The van der Waals surface area contributed by atoms with Gasteiger partial charge in [0.25, 0.3) is 5.91 Å². The van der Waals surface area contributed by atoms with E-state index in [0.29, 0.717) is 17.9 Å². The van der Waals surface area contributed by atoms with Gasteiger partial charge in [0.2, 0.25) is 5.43 Å². The third-order valence-corrected chi connectivity index (χ3v) is 3.94. The van der Waals surface area contributed by atoms with Gasteiger partial charge in [-0.15, -0.1) is 0 Å². The molecule has 0 radical (unpaired) electrons. The molecule has 27 heavy (non-hydrogen) atoms. The van der Waals surface area contributed by atoms with E-state index >= 15 is 0 Å². The van der Waals surface area contributed by atoms with Crippen LogP contribution in [0.15, 0.2) is 16.9 Å². The summed E-state index contributed by atoms with van der Waals surface area (Å²) in [5.41, 5.74) is 4.94. The van der Waals surface area contributed by atoms with Crippen molar-refractivity contribution in [1.29, 1.82) is 0 Å². The quantitative estimate of drug-likeness (QED) is 0.658. The molecule has 1 amide bonds. The molecule has 0 aliphatic carbocycles. The number of fused-ring (bicyclic) bond motifs is 1. The lowest BCUT2D eigenvalue weighted by molar-refractivity contribution is 0.0274. The Bertz CT molecular complexity index is 983. The molecule has 8 heteroatoms. The topological polar surface area (TPSA) is 119 Å². The van der Waals surface area contributed by atoms with Crippen LogP contribution in [0.25, 0.3) is 11.0 Å². The van der Waals surface area contributed by atoms with Gasteiger partial charge in [0.05, 0.1) is 12.0 Å². The van der Waals surface area contributed by atoms with Crippen molar-refractivity contribution < 1.29 is 14.6 Å². The summed E-state index contributed by atoms with van der Waals surface area (Å²) >= 11 is 0. The van der Waals surface area contributed by atoms with Gasteiger partial charge < -0.3 is 25.5 Å². The number of carbonyl (C=O) groups excluding carboxylic acids is 1. The van der Waals surface area contributed by atoms with Crippen molar-refractivity contribution in [2.45, 2.75) is 32.4 Å². The number of methoxy groups -OCH3 is 1. The number of nitrogen functional groups attached to an aromatic ring is 1. The van der Waals surface area contributed by atoms with Crippen molar-refractivity contribution in [3.8, 4) is 11.8 Å². The molecule has 144 valence electrons. The lowest BCUT2D eigenvalue weighted by Gasteiger charge is -2.16. The molecule has 0 saturated carbocycles. The van der Waals surface area contributed by atoms with Crippen molar-refractivity contribution in [3.63, 3.8) is 0 Å². The molecule has 0 fully saturated rings. The fraction of sp³-hybridized carbons (Fsp3) is 0.421. The first-order valence-electron chi connectivity index (χ1n) is 8.55. The van der Waals surface area contributed by atoms with Crippen molar-refractivity contribution in [3.05, 3.63) is 33.6 Å². The van der Waals surface area contributed by atoms with Gasteiger partial charge in [-0.3, -0.25) is 9.59 Å². The van der Waals surface area contributed by atoms with Crippen molar-refractivity contribution >= 4 is 22.8 Å². The van der Waals surface area contributed by atoms with E-state index in [1.165, 1.54) is 21.1 Å². The number of nitrogens with zero attached hydrogens (tertiary/aromatic N) is 2. The number of ether oxygens (including phenoxy) is 1. The highest BCUT2D eigenvalue weighted by Crippen LogP contribution is 2.18. The van der Waals surface area contributed by atoms with Gasteiger partial charge in [0.1, 0.15) is 28.3 Å². The van der Waals surface area contributed by atoms with Gasteiger partial charge in [-0.25, -0.2) is 4.98 Å². The van der Waals surface area contributed by atoms with E-state index < -0.39 is 16.9 Å². The van der Waals surface area contributed by atoms with Crippen LogP contribution in [0.3, 0.4) is 0 Å². The summed E-state index contributed by atoms with van der Waals surface area (Å²) in [6.07, 6.45) is 0.732. The van der Waals surface area contributed by atoms with Crippen LogP contribution in [0.1, 0.15) is 36.3 Å². The highest BCUT2D eigenvalue weighted by Gasteiger charge is 2.21. The van der Waals surface area contributed by atoms with Crippen LogP contribution >= 0.6 is 0 Å². The van der Waals surface area contributed by atoms with Gasteiger partial charge in [-0.2, -0.15) is 0 Å². The molecular formula is C19H24N4O4.